The van der Waals surface area contributed by atoms with Crippen LogP contribution in [0.2, 0.25) is 0 Å². The number of hydrogen-bond donors (Lipinski definition) is 1. The summed E-state index contributed by atoms with van der Waals surface area (Å²) in [5, 5.41) is 2.37. The Morgan fingerprint density at radius 3 is 2.56 bits per heavy atom. The Balaban J connectivity index is 0.963. The molecule has 3 amide bonds. The van der Waals surface area contributed by atoms with Crippen LogP contribution in [0.25, 0.3) is 0 Å². The Morgan fingerprint density at radius 1 is 1.05 bits per heavy atom. The van der Waals surface area contributed by atoms with E-state index in [1.54, 1.807) is 17.0 Å². The zero-order chi connectivity index (χ0) is 26.7. The number of amides is 3. The molecule has 5 aliphatic rings. The van der Waals surface area contributed by atoms with E-state index >= 15 is 0 Å². The number of hydrogen-bond acceptors (Lipinski definition) is 6. The molecular weight excluding hydrogens is 501 g/mol. The van der Waals surface area contributed by atoms with Gasteiger partial charge in [0.25, 0.3) is 5.91 Å². The number of nitrogens with zero attached hydrogens (tertiary/aromatic N) is 2. The zero-order valence-corrected chi connectivity index (χ0v) is 21.8. The van der Waals surface area contributed by atoms with Crippen molar-refractivity contribution in [1.82, 2.24) is 15.1 Å². The van der Waals surface area contributed by atoms with Crippen LogP contribution in [0.4, 0.5) is 4.39 Å². The third kappa shape index (κ3) is 4.27. The molecule has 1 aliphatic carbocycles. The monoisotopic (exact) mass is 533 g/mol. The van der Waals surface area contributed by atoms with Crippen LogP contribution in [-0.4, -0.2) is 65.9 Å². The van der Waals surface area contributed by atoms with Crippen LogP contribution in [0, 0.1) is 11.7 Å². The summed E-state index contributed by atoms with van der Waals surface area (Å²) in [5.41, 5.74) is 2.63. The highest BCUT2D eigenvalue weighted by molar-refractivity contribution is 6.05. The van der Waals surface area contributed by atoms with E-state index in [2.05, 4.69) is 16.3 Å². The van der Waals surface area contributed by atoms with Gasteiger partial charge >= 0.3 is 0 Å². The first-order valence-corrected chi connectivity index (χ1v) is 14.0. The molecule has 2 saturated heterocycles. The number of likely N-dealkylation sites (tertiary alicyclic amines) is 1. The highest BCUT2D eigenvalue weighted by atomic mass is 19.1. The van der Waals surface area contributed by atoms with E-state index in [0.717, 1.165) is 62.4 Å². The van der Waals surface area contributed by atoms with E-state index in [-0.39, 0.29) is 35.6 Å². The van der Waals surface area contributed by atoms with Crippen LogP contribution in [0.15, 0.2) is 36.4 Å². The Kier molecular flexibility index (Phi) is 5.88. The van der Waals surface area contributed by atoms with Gasteiger partial charge in [-0.1, -0.05) is 6.07 Å². The van der Waals surface area contributed by atoms with Gasteiger partial charge in [0.2, 0.25) is 11.8 Å². The third-order valence-electron chi connectivity index (χ3n) is 9.37. The quantitative estimate of drug-likeness (QED) is 0.595. The molecule has 0 aromatic heterocycles. The first kappa shape index (κ1) is 24.6. The van der Waals surface area contributed by atoms with Crippen molar-refractivity contribution in [2.75, 3.05) is 26.2 Å². The number of nitrogens with one attached hydrogen (secondary N) is 1. The number of halogens is 1. The predicted molar refractivity (Wildman–Crippen MR) is 139 cm³/mol. The van der Waals surface area contributed by atoms with Gasteiger partial charge in [0.1, 0.15) is 23.4 Å². The molecular formula is C30H32FN3O5. The molecule has 7 rings (SSSR count). The van der Waals surface area contributed by atoms with E-state index in [9.17, 15) is 18.8 Å². The lowest BCUT2D eigenvalue weighted by molar-refractivity contribution is -0.136. The molecule has 0 unspecified atom stereocenters. The minimum atomic E-state index is -0.621. The highest BCUT2D eigenvalue weighted by Crippen LogP contribution is 2.50. The Bertz CT molecular complexity index is 1330. The van der Waals surface area contributed by atoms with Crippen molar-refractivity contribution >= 4 is 17.7 Å². The molecule has 1 saturated carbocycles. The minimum absolute atomic E-state index is 0.0419. The summed E-state index contributed by atoms with van der Waals surface area (Å²) in [6, 6.07) is 9.58. The lowest BCUT2D eigenvalue weighted by atomic mass is 9.73. The summed E-state index contributed by atoms with van der Waals surface area (Å²) in [6.45, 7) is 4.03. The van der Waals surface area contributed by atoms with Gasteiger partial charge in [-0.25, -0.2) is 4.39 Å². The molecule has 1 N–H and O–H groups in total. The number of imide groups is 1. The van der Waals surface area contributed by atoms with Crippen molar-refractivity contribution in [3.05, 3.63) is 58.9 Å². The molecule has 4 aliphatic heterocycles. The summed E-state index contributed by atoms with van der Waals surface area (Å²) in [5.74, 6) is 1.08. The molecule has 3 fully saturated rings. The standard InChI is InChI=1S/C30H32FN3O5/c31-19-1-3-20(4-2-19)39-21-13-18(14-21)15-33-11-9-30(10-12-33)17-38-27-23-16-34(25-7-8-26(35)32-28(25)36)29(37)22(23)5-6-24(27)30/h1-6,18,21,25H,7-17H2,(H,32,35,36)/t18-,21+,25-/m0/s1. The molecule has 0 bridgehead atoms. The van der Waals surface area contributed by atoms with Crippen molar-refractivity contribution in [3.63, 3.8) is 0 Å². The van der Waals surface area contributed by atoms with Crippen molar-refractivity contribution in [3.8, 4) is 11.5 Å². The third-order valence-corrected chi connectivity index (χ3v) is 9.37. The van der Waals surface area contributed by atoms with Crippen LogP contribution in [0.5, 0.6) is 11.5 Å². The fraction of sp³-hybridized carbons (Fsp3) is 0.500. The molecule has 1 atom stereocenters. The van der Waals surface area contributed by atoms with Gasteiger partial charge in [-0.2, -0.15) is 0 Å². The van der Waals surface area contributed by atoms with Gasteiger partial charge < -0.3 is 19.3 Å². The van der Waals surface area contributed by atoms with Gasteiger partial charge in [0, 0.05) is 35.1 Å². The predicted octanol–water partition coefficient (Wildman–Crippen LogP) is 3.17. The maximum Gasteiger partial charge on any atom is 0.255 e. The maximum atomic E-state index is 13.2. The molecule has 39 heavy (non-hydrogen) atoms. The summed E-state index contributed by atoms with van der Waals surface area (Å²) in [6.07, 6.45) is 4.86. The summed E-state index contributed by atoms with van der Waals surface area (Å²) >= 11 is 0. The van der Waals surface area contributed by atoms with E-state index in [1.165, 1.54) is 17.7 Å². The van der Waals surface area contributed by atoms with Gasteiger partial charge in [-0.15, -0.1) is 0 Å². The summed E-state index contributed by atoms with van der Waals surface area (Å²) < 4.78 is 25.4. The number of piperidine rings is 2. The SMILES string of the molecule is O=C1CC[C@H](N2Cc3c(ccc4c3OCC43CCN(C[C@H]4C[C@@H](Oc5ccc(F)cc5)C4)CC3)C2=O)C(=O)N1. The van der Waals surface area contributed by atoms with Gasteiger partial charge in [0.05, 0.1) is 19.3 Å². The Hall–Kier alpha value is -3.46. The van der Waals surface area contributed by atoms with Crippen molar-refractivity contribution in [2.24, 2.45) is 5.92 Å². The van der Waals surface area contributed by atoms with Crippen LogP contribution in [-0.2, 0) is 21.5 Å². The average Bonchev–Trinajstić information content (AvgIpc) is 3.43. The lowest BCUT2D eigenvalue weighted by Gasteiger charge is -2.43. The minimum Gasteiger partial charge on any atom is -0.492 e. The second-order valence-electron chi connectivity index (χ2n) is 11.8. The van der Waals surface area contributed by atoms with Crippen LogP contribution in [0.1, 0.15) is 60.0 Å². The average molecular weight is 534 g/mol. The first-order valence-electron chi connectivity index (χ1n) is 14.0. The maximum absolute atomic E-state index is 13.2. The first-order chi connectivity index (χ1) is 18.9. The normalized spacial score (nSPS) is 27.6. The summed E-state index contributed by atoms with van der Waals surface area (Å²) in [4.78, 5) is 41.3. The van der Waals surface area contributed by atoms with Crippen molar-refractivity contribution in [1.29, 1.82) is 0 Å². The summed E-state index contributed by atoms with van der Waals surface area (Å²) in [7, 11) is 0. The van der Waals surface area contributed by atoms with Gasteiger partial charge in [-0.3, -0.25) is 19.7 Å². The number of benzene rings is 2. The van der Waals surface area contributed by atoms with Gasteiger partial charge in [0.15, 0.2) is 0 Å². The Morgan fingerprint density at radius 2 is 1.82 bits per heavy atom. The zero-order valence-electron chi connectivity index (χ0n) is 21.8. The van der Waals surface area contributed by atoms with E-state index < -0.39 is 11.9 Å². The number of carbonyl (C=O) groups is 3. The van der Waals surface area contributed by atoms with Crippen molar-refractivity contribution in [2.45, 2.75) is 62.6 Å². The fourth-order valence-corrected chi connectivity index (χ4v) is 7.05. The smallest absolute Gasteiger partial charge is 0.255 e. The number of rotatable bonds is 5. The number of fused-ring (bicyclic) bond motifs is 4. The molecule has 2 aromatic rings. The lowest BCUT2D eigenvalue weighted by Crippen LogP contribution is -2.52. The van der Waals surface area contributed by atoms with Gasteiger partial charge in [-0.05, 0) is 81.4 Å². The molecule has 9 heteroatoms. The second-order valence-corrected chi connectivity index (χ2v) is 11.8. The second kappa shape index (κ2) is 9.33. The molecule has 1 spiro atoms. The Labute approximate surface area is 226 Å². The fourth-order valence-electron chi connectivity index (χ4n) is 7.05. The largest absolute Gasteiger partial charge is 0.492 e. The number of carbonyl (C=O) groups excluding carboxylic acids is 3. The van der Waals surface area contributed by atoms with Crippen LogP contribution in [0.3, 0.4) is 0 Å². The van der Waals surface area contributed by atoms with E-state index in [0.29, 0.717) is 31.1 Å². The van der Waals surface area contributed by atoms with E-state index in [1.807, 2.05) is 6.07 Å². The topological polar surface area (TPSA) is 88.2 Å². The molecule has 2 aromatic carbocycles. The molecule has 0 radical (unpaired) electrons. The van der Waals surface area contributed by atoms with Crippen LogP contribution < -0.4 is 14.8 Å². The van der Waals surface area contributed by atoms with Crippen LogP contribution >= 0.6 is 0 Å². The highest BCUT2D eigenvalue weighted by Gasteiger charge is 2.48. The molecule has 4 heterocycles. The molecule has 8 nitrogen and oxygen atoms in total. The molecule has 204 valence electrons. The number of ether oxygens (including phenoxy) is 2. The van der Waals surface area contributed by atoms with Crippen molar-refractivity contribution < 1.29 is 28.2 Å². The van der Waals surface area contributed by atoms with E-state index in [4.69, 9.17) is 9.47 Å².